The largest absolute Gasteiger partial charge is 0.493 e. The summed E-state index contributed by atoms with van der Waals surface area (Å²) < 4.78 is 17.2. The quantitative estimate of drug-likeness (QED) is 0.313. The highest BCUT2D eigenvalue weighted by atomic mass is 16.6. The molecule has 2 bridgehead atoms. The minimum Gasteiger partial charge on any atom is -0.493 e. The van der Waals surface area contributed by atoms with Gasteiger partial charge in [0.1, 0.15) is 11.9 Å². The summed E-state index contributed by atoms with van der Waals surface area (Å²) in [5.74, 6) is 0.824. The Balaban J connectivity index is 1.73. The Morgan fingerprint density at radius 1 is 0.969 bits per heavy atom. The number of hydrogen-bond acceptors (Lipinski definition) is 6. The van der Waals surface area contributed by atoms with Crippen LogP contribution in [0.2, 0.25) is 0 Å². The molecule has 0 radical (unpaired) electrons. The van der Waals surface area contributed by atoms with Crippen molar-refractivity contribution in [2.75, 3.05) is 14.2 Å². The number of nitrogens with zero attached hydrogens (tertiary/aromatic N) is 1. The SMILES string of the molecule is COc1cc2c(cc1OC)[C@@H](C(=O)c1ccccc1)[C@H]1C[C@@H]2Oc2ccc([N+](=O)[O-])cc21. The molecule has 7 nitrogen and oxygen atoms in total. The van der Waals surface area contributed by atoms with E-state index in [1.807, 2.05) is 30.3 Å². The molecule has 1 heterocycles. The number of benzene rings is 3. The molecule has 3 atom stereocenters. The normalized spacial score (nSPS) is 20.4. The van der Waals surface area contributed by atoms with Crippen LogP contribution in [0.3, 0.4) is 0 Å². The van der Waals surface area contributed by atoms with Crippen molar-refractivity contribution in [3.05, 3.63) is 93.0 Å². The summed E-state index contributed by atoms with van der Waals surface area (Å²) >= 11 is 0. The number of ether oxygens (including phenoxy) is 3. The van der Waals surface area contributed by atoms with Crippen molar-refractivity contribution < 1.29 is 23.9 Å². The first-order chi connectivity index (χ1) is 15.5. The molecular formula is C25H21NO6. The van der Waals surface area contributed by atoms with Crippen molar-refractivity contribution in [1.82, 2.24) is 0 Å². The number of nitro benzene ring substituents is 1. The van der Waals surface area contributed by atoms with Gasteiger partial charge in [-0.25, -0.2) is 0 Å². The minimum atomic E-state index is -0.534. The molecule has 7 heteroatoms. The molecule has 0 spiro atoms. The number of Topliss-reactive ketones (excluding diaryl/α,β-unsaturated/α-hetero) is 1. The Hall–Kier alpha value is -3.87. The van der Waals surface area contributed by atoms with Crippen molar-refractivity contribution in [3.8, 4) is 17.2 Å². The maximum Gasteiger partial charge on any atom is 0.269 e. The first kappa shape index (κ1) is 20.1. The maximum absolute atomic E-state index is 13.8. The van der Waals surface area contributed by atoms with Crippen molar-refractivity contribution in [2.45, 2.75) is 24.4 Å². The van der Waals surface area contributed by atoms with Crippen LogP contribution in [0.1, 0.15) is 51.4 Å². The third-order valence-electron chi connectivity index (χ3n) is 6.36. The summed E-state index contributed by atoms with van der Waals surface area (Å²) in [5.41, 5.74) is 2.93. The molecule has 32 heavy (non-hydrogen) atoms. The second-order valence-electron chi connectivity index (χ2n) is 7.97. The Bertz CT molecular complexity index is 1220. The van der Waals surface area contributed by atoms with Crippen molar-refractivity contribution in [1.29, 1.82) is 0 Å². The minimum absolute atomic E-state index is 0.0187. The topological polar surface area (TPSA) is 87.9 Å². The third-order valence-corrected chi connectivity index (χ3v) is 6.36. The van der Waals surface area contributed by atoms with E-state index in [1.165, 1.54) is 12.1 Å². The summed E-state index contributed by atoms with van der Waals surface area (Å²) in [7, 11) is 3.12. The number of rotatable bonds is 5. The van der Waals surface area contributed by atoms with Crippen LogP contribution in [-0.4, -0.2) is 24.9 Å². The highest BCUT2D eigenvalue weighted by molar-refractivity contribution is 6.02. The van der Waals surface area contributed by atoms with E-state index in [4.69, 9.17) is 14.2 Å². The predicted octanol–water partition coefficient (Wildman–Crippen LogP) is 5.20. The molecule has 3 aromatic carbocycles. The fourth-order valence-corrected chi connectivity index (χ4v) is 4.89. The van der Waals surface area contributed by atoms with Crippen LogP contribution in [0.25, 0.3) is 0 Å². The Morgan fingerprint density at radius 3 is 2.31 bits per heavy atom. The van der Waals surface area contributed by atoms with Gasteiger partial charge in [-0.3, -0.25) is 14.9 Å². The van der Waals surface area contributed by atoms with Crippen LogP contribution in [-0.2, 0) is 0 Å². The predicted molar refractivity (Wildman–Crippen MR) is 117 cm³/mol. The van der Waals surface area contributed by atoms with Gasteiger partial charge in [-0.1, -0.05) is 30.3 Å². The molecule has 0 N–H and O–H groups in total. The summed E-state index contributed by atoms with van der Waals surface area (Å²) in [6.07, 6.45) is 0.253. The molecule has 0 saturated heterocycles. The lowest BCUT2D eigenvalue weighted by Gasteiger charge is -2.42. The molecule has 1 aliphatic carbocycles. The van der Waals surface area contributed by atoms with E-state index < -0.39 is 10.8 Å². The zero-order chi connectivity index (χ0) is 22.4. The van der Waals surface area contributed by atoms with Gasteiger partial charge in [0.2, 0.25) is 0 Å². The molecule has 162 valence electrons. The number of carbonyl (C=O) groups is 1. The number of ketones is 1. The molecule has 1 aliphatic heterocycles. The van der Waals surface area contributed by atoms with E-state index in [9.17, 15) is 14.9 Å². The second-order valence-corrected chi connectivity index (χ2v) is 7.97. The van der Waals surface area contributed by atoms with Crippen LogP contribution in [0.4, 0.5) is 5.69 Å². The summed E-state index contributed by atoms with van der Waals surface area (Å²) in [4.78, 5) is 24.8. The number of carbonyl (C=O) groups excluding carboxylic acids is 1. The molecule has 0 saturated carbocycles. The zero-order valence-electron chi connectivity index (χ0n) is 17.6. The van der Waals surface area contributed by atoms with Crippen molar-refractivity contribution in [3.63, 3.8) is 0 Å². The van der Waals surface area contributed by atoms with Gasteiger partial charge in [-0.2, -0.15) is 0 Å². The Labute approximate surface area is 184 Å². The van der Waals surface area contributed by atoms with Crippen LogP contribution < -0.4 is 14.2 Å². The lowest BCUT2D eigenvalue weighted by molar-refractivity contribution is -0.385. The average Bonchev–Trinajstić information content (AvgIpc) is 2.83. The van der Waals surface area contributed by atoms with E-state index in [1.54, 1.807) is 32.4 Å². The summed E-state index contributed by atoms with van der Waals surface area (Å²) in [5, 5.41) is 11.4. The van der Waals surface area contributed by atoms with E-state index >= 15 is 0 Å². The lowest BCUT2D eigenvalue weighted by Crippen LogP contribution is -2.33. The third kappa shape index (κ3) is 3.09. The standard InChI is InChI=1S/C25H21NO6/c1-30-22-11-17-19(13-23(22)31-2)24(25(27)14-6-4-3-5-7-14)18-12-21(17)32-20-9-8-15(26(28)29)10-16(18)20/h3-11,13,18,21,24H,12H2,1-2H3/t18-,21-,24-/m0/s1. The number of non-ortho nitro benzene ring substituents is 1. The molecule has 0 unspecified atom stereocenters. The van der Waals surface area contributed by atoms with Gasteiger partial charge in [0, 0.05) is 34.7 Å². The Morgan fingerprint density at radius 2 is 1.66 bits per heavy atom. The molecule has 0 fully saturated rings. The smallest absolute Gasteiger partial charge is 0.269 e. The lowest BCUT2D eigenvalue weighted by atomic mass is 9.67. The van der Waals surface area contributed by atoms with Crippen molar-refractivity contribution >= 4 is 11.5 Å². The van der Waals surface area contributed by atoms with Gasteiger partial charge in [0.05, 0.1) is 25.1 Å². The van der Waals surface area contributed by atoms with E-state index in [0.29, 0.717) is 34.8 Å². The van der Waals surface area contributed by atoms with Gasteiger partial charge in [-0.15, -0.1) is 0 Å². The average molecular weight is 431 g/mol. The number of nitro groups is 1. The fraction of sp³-hybridized carbons (Fsp3) is 0.240. The van der Waals surface area contributed by atoms with Gasteiger partial charge in [0.25, 0.3) is 5.69 Å². The first-order valence-electron chi connectivity index (χ1n) is 10.3. The van der Waals surface area contributed by atoms with E-state index in [2.05, 4.69) is 0 Å². The fourth-order valence-electron chi connectivity index (χ4n) is 4.89. The first-order valence-corrected chi connectivity index (χ1v) is 10.3. The number of methoxy groups -OCH3 is 2. The molecule has 2 aliphatic rings. The van der Waals surface area contributed by atoms with Gasteiger partial charge >= 0.3 is 0 Å². The van der Waals surface area contributed by atoms with Crippen molar-refractivity contribution in [2.24, 2.45) is 0 Å². The molecule has 3 aromatic rings. The zero-order valence-corrected chi connectivity index (χ0v) is 17.6. The van der Waals surface area contributed by atoms with Crippen LogP contribution in [0.15, 0.2) is 60.7 Å². The van der Waals surface area contributed by atoms with Gasteiger partial charge < -0.3 is 14.2 Å². The van der Waals surface area contributed by atoms with E-state index in [0.717, 1.165) is 11.1 Å². The summed E-state index contributed by atoms with van der Waals surface area (Å²) in [6, 6.07) is 17.4. The van der Waals surface area contributed by atoms with Gasteiger partial charge in [0.15, 0.2) is 17.3 Å². The highest BCUT2D eigenvalue weighted by Crippen LogP contribution is 2.56. The summed E-state index contributed by atoms with van der Waals surface area (Å²) in [6.45, 7) is 0. The Kier molecular flexibility index (Phi) is 4.81. The maximum atomic E-state index is 13.8. The van der Waals surface area contributed by atoms with Gasteiger partial charge in [-0.05, 0) is 30.2 Å². The highest BCUT2D eigenvalue weighted by Gasteiger charge is 2.46. The molecule has 0 aromatic heterocycles. The number of hydrogen-bond donors (Lipinski definition) is 0. The molecular weight excluding hydrogens is 410 g/mol. The molecule has 0 amide bonds. The van der Waals surface area contributed by atoms with Crippen LogP contribution >= 0.6 is 0 Å². The van der Waals surface area contributed by atoms with Crippen LogP contribution in [0, 0.1) is 10.1 Å². The van der Waals surface area contributed by atoms with E-state index in [-0.39, 0.29) is 23.5 Å². The molecule has 5 rings (SSSR count). The second kappa shape index (κ2) is 7.67. The number of fused-ring (bicyclic) bond motifs is 6. The van der Waals surface area contributed by atoms with Crippen LogP contribution in [0.5, 0.6) is 17.2 Å². The monoisotopic (exact) mass is 431 g/mol.